The van der Waals surface area contributed by atoms with Gasteiger partial charge in [-0.25, -0.2) is 0 Å². The highest BCUT2D eigenvalue weighted by molar-refractivity contribution is 6.30. The van der Waals surface area contributed by atoms with Crippen LogP contribution in [0.1, 0.15) is 49.6 Å². The molecule has 0 saturated carbocycles. The van der Waals surface area contributed by atoms with Crippen molar-refractivity contribution in [1.82, 2.24) is 15.1 Å². The Morgan fingerprint density at radius 2 is 1.78 bits per heavy atom. The number of nitrogens with one attached hydrogen (secondary N) is 1. The molecule has 168 valence electrons. The van der Waals surface area contributed by atoms with E-state index >= 15 is 0 Å². The molecule has 1 saturated heterocycles. The van der Waals surface area contributed by atoms with E-state index in [1.807, 2.05) is 61.2 Å². The van der Waals surface area contributed by atoms with E-state index in [0.717, 1.165) is 36.5 Å². The van der Waals surface area contributed by atoms with Crippen LogP contribution >= 0.6 is 11.6 Å². The summed E-state index contributed by atoms with van der Waals surface area (Å²) in [5.41, 5.74) is 2.39. The molecule has 1 aromatic heterocycles. The van der Waals surface area contributed by atoms with Gasteiger partial charge in [-0.15, -0.1) is 5.10 Å². The molecule has 1 atom stereocenters. The van der Waals surface area contributed by atoms with Crippen LogP contribution < -0.4 is 5.32 Å². The second-order valence-corrected chi connectivity index (χ2v) is 9.12. The first-order valence-corrected chi connectivity index (χ1v) is 11.5. The minimum Gasteiger partial charge on any atom is -0.408 e. The lowest BCUT2D eigenvalue weighted by atomic mass is 9.89. The monoisotopic (exact) mass is 452 g/mol. The number of amides is 1. The minimum absolute atomic E-state index is 0.0809. The van der Waals surface area contributed by atoms with Gasteiger partial charge in [0, 0.05) is 18.1 Å². The predicted molar refractivity (Wildman–Crippen MR) is 126 cm³/mol. The Bertz CT molecular complexity index is 1010. The van der Waals surface area contributed by atoms with E-state index in [-0.39, 0.29) is 11.8 Å². The van der Waals surface area contributed by atoms with Crippen LogP contribution in [0.4, 0.5) is 6.01 Å². The van der Waals surface area contributed by atoms with Crippen molar-refractivity contribution in [3.05, 3.63) is 76.6 Å². The van der Waals surface area contributed by atoms with Crippen LogP contribution in [-0.2, 0) is 11.2 Å². The van der Waals surface area contributed by atoms with Gasteiger partial charge in [0.2, 0.25) is 11.8 Å². The molecule has 1 N–H and O–H groups in total. The summed E-state index contributed by atoms with van der Waals surface area (Å²) in [7, 11) is 0. The van der Waals surface area contributed by atoms with Gasteiger partial charge in [0.1, 0.15) is 6.04 Å². The number of nitrogens with zero attached hydrogens (tertiary/aromatic N) is 3. The molecule has 7 heteroatoms. The number of hydrogen-bond acceptors (Lipinski definition) is 5. The third-order valence-electron chi connectivity index (χ3n) is 6.02. The van der Waals surface area contributed by atoms with E-state index in [2.05, 4.69) is 27.6 Å². The number of carbonyl (C=O) groups excluding carboxylic acids is 1. The molecule has 1 aliphatic rings. The number of anilines is 1. The Kier molecular flexibility index (Phi) is 7.10. The fraction of sp³-hybridized carbons (Fsp3) is 0.400. The van der Waals surface area contributed by atoms with Crippen molar-refractivity contribution >= 4 is 23.5 Å². The second kappa shape index (κ2) is 10.2. The normalized spacial score (nSPS) is 15.7. The number of hydrogen-bond donors (Lipinski definition) is 1. The van der Waals surface area contributed by atoms with Crippen molar-refractivity contribution < 1.29 is 9.21 Å². The number of carbonyl (C=O) groups is 1. The lowest BCUT2D eigenvalue weighted by Gasteiger charge is -2.35. The zero-order valence-corrected chi connectivity index (χ0v) is 19.3. The van der Waals surface area contributed by atoms with E-state index in [9.17, 15) is 4.79 Å². The van der Waals surface area contributed by atoms with Crippen molar-refractivity contribution in [2.24, 2.45) is 5.92 Å². The average molecular weight is 453 g/mol. The van der Waals surface area contributed by atoms with Crippen molar-refractivity contribution in [2.75, 3.05) is 18.4 Å². The molecule has 1 aliphatic heterocycles. The number of rotatable bonds is 7. The Labute approximate surface area is 194 Å². The Balaban J connectivity index is 1.36. The molecule has 0 spiro atoms. The molecule has 6 nitrogen and oxygen atoms in total. The fourth-order valence-corrected chi connectivity index (χ4v) is 4.29. The topological polar surface area (TPSA) is 71.3 Å². The highest BCUT2D eigenvalue weighted by Gasteiger charge is 2.31. The van der Waals surface area contributed by atoms with E-state index < -0.39 is 6.04 Å². The first kappa shape index (κ1) is 22.3. The summed E-state index contributed by atoms with van der Waals surface area (Å²) in [6.07, 6.45) is 2.45. The largest absolute Gasteiger partial charge is 0.408 e. The number of piperidine rings is 1. The standard InChI is InChI=1S/C25H29ClN4O2/c1-17(2)23(27-25-29-28-22(32-25)16-18-6-4-3-5-7-18)24(31)30-14-12-20(13-15-30)19-8-10-21(26)11-9-19/h3-11,17,20,23H,12-16H2,1-2H3,(H,27,29). The van der Waals surface area contributed by atoms with Crippen LogP contribution in [0.5, 0.6) is 0 Å². The molecule has 1 amide bonds. The summed E-state index contributed by atoms with van der Waals surface area (Å²) in [5, 5.41) is 12.2. The van der Waals surface area contributed by atoms with Gasteiger partial charge >= 0.3 is 6.01 Å². The van der Waals surface area contributed by atoms with Crippen LogP contribution in [0.2, 0.25) is 5.02 Å². The maximum Gasteiger partial charge on any atom is 0.316 e. The van der Waals surface area contributed by atoms with Gasteiger partial charge in [-0.3, -0.25) is 4.79 Å². The van der Waals surface area contributed by atoms with Crippen LogP contribution in [0.15, 0.2) is 59.0 Å². The summed E-state index contributed by atoms with van der Waals surface area (Å²) in [4.78, 5) is 15.2. The summed E-state index contributed by atoms with van der Waals surface area (Å²) < 4.78 is 5.78. The third kappa shape index (κ3) is 5.49. The van der Waals surface area contributed by atoms with Crippen molar-refractivity contribution in [3.63, 3.8) is 0 Å². The van der Waals surface area contributed by atoms with E-state index in [0.29, 0.717) is 24.2 Å². The van der Waals surface area contributed by atoms with Gasteiger partial charge in [0.15, 0.2) is 0 Å². The van der Waals surface area contributed by atoms with Gasteiger partial charge in [0.25, 0.3) is 0 Å². The number of likely N-dealkylation sites (tertiary alicyclic amines) is 1. The quantitative estimate of drug-likeness (QED) is 0.536. The molecule has 2 aromatic carbocycles. The lowest BCUT2D eigenvalue weighted by molar-refractivity contribution is -0.134. The average Bonchev–Trinajstić information content (AvgIpc) is 3.25. The first-order valence-electron chi connectivity index (χ1n) is 11.2. The lowest BCUT2D eigenvalue weighted by Crippen LogP contribution is -2.48. The Morgan fingerprint density at radius 3 is 2.44 bits per heavy atom. The van der Waals surface area contributed by atoms with Gasteiger partial charge in [-0.05, 0) is 47.9 Å². The van der Waals surface area contributed by atoms with Crippen LogP contribution in [0.25, 0.3) is 0 Å². The first-order chi connectivity index (χ1) is 15.5. The molecule has 3 aromatic rings. The zero-order chi connectivity index (χ0) is 22.5. The van der Waals surface area contributed by atoms with Crippen molar-refractivity contribution in [1.29, 1.82) is 0 Å². The van der Waals surface area contributed by atoms with Crippen molar-refractivity contribution in [3.8, 4) is 0 Å². The van der Waals surface area contributed by atoms with Gasteiger partial charge in [-0.1, -0.05) is 73.0 Å². The molecule has 0 bridgehead atoms. The summed E-state index contributed by atoms with van der Waals surface area (Å²) in [6, 6.07) is 17.9. The summed E-state index contributed by atoms with van der Waals surface area (Å²) in [5.74, 6) is 1.15. The van der Waals surface area contributed by atoms with E-state index in [4.69, 9.17) is 16.0 Å². The maximum atomic E-state index is 13.3. The molecule has 1 unspecified atom stereocenters. The molecular weight excluding hydrogens is 424 g/mol. The molecule has 32 heavy (non-hydrogen) atoms. The fourth-order valence-electron chi connectivity index (χ4n) is 4.17. The van der Waals surface area contributed by atoms with E-state index in [1.54, 1.807) is 0 Å². The zero-order valence-electron chi connectivity index (χ0n) is 18.5. The van der Waals surface area contributed by atoms with Crippen molar-refractivity contribution in [2.45, 2.75) is 45.1 Å². The Morgan fingerprint density at radius 1 is 1.09 bits per heavy atom. The summed E-state index contributed by atoms with van der Waals surface area (Å²) in [6.45, 7) is 5.52. The predicted octanol–water partition coefficient (Wildman–Crippen LogP) is 5.16. The summed E-state index contributed by atoms with van der Waals surface area (Å²) >= 11 is 6.01. The van der Waals surface area contributed by atoms with Gasteiger partial charge < -0.3 is 14.6 Å². The molecule has 4 rings (SSSR count). The third-order valence-corrected chi connectivity index (χ3v) is 6.28. The maximum absolute atomic E-state index is 13.3. The SMILES string of the molecule is CC(C)C(Nc1nnc(Cc2ccccc2)o1)C(=O)N1CCC(c2ccc(Cl)cc2)CC1. The van der Waals surface area contributed by atoms with Crippen LogP contribution in [0, 0.1) is 5.92 Å². The van der Waals surface area contributed by atoms with Gasteiger partial charge in [-0.2, -0.15) is 0 Å². The minimum atomic E-state index is -0.410. The highest BCUT2D eigenvalue weighted by Crippen LogP contribution is 2.29. The molecule has 0 radical (unpaired) electrons. The van der Waals surface area contributed by atoms with Crippen LogP contribution in [-0.4, -0.2) is 40.1 Å². The molecule has 1 fully saturated rings. The molecular formula is C25H29ClN4O2. The molecule has 2 heterocycles. The number of aromatic nitrogens is 2. The molecule has 0 aliphatic carbocycles. The number of benzene rings is 2. The Hall–Kier alpha value is -2.86. The number of halogens is 1. The van der Waals surface area contributed by atoms with E-state index in [1.165, 1.54) is 5.56 Å². The van der Waals surface area contributed by atoms with Gasteiger partial charge in [0.05, 0.1) is 6.42 Å². The second-order valence-electron chi connectivity index (χ2n) is 8.68. The highest BCUT2D eigenvalue weighted by atomic mass is 35.5. The van der Waals surface area contributed by atoms with Crippen LogP contribution in [0.3, 0.4) is 0 Å². The smallest absolute Gasteiger partial charge is 0.316 e.